The number of amides is 1. The van der Waals surface area contributed by atoms with Gasteiger partial charge in [-0.2, -0.15) is 0 Å². The molecule has 1 saturated heterocycles. The summed E-state index contributed by atoms with van der Waals surface area (Å²) in [5.41, 5.74) is 2.35. The van der Waals surface area contributed by atoms with E-state index in [1.807, 2.05) is 11.8 Å². The van der Waals surface area contributed by atoms with Gasteiger partial charge in [-0.05, 0) is 23.6 Å². The third-order valence-corrected chi connectivity index (χ3v) is 4.22. The second kappa shape index (κ2) is 6.49. The fourth-order valence-electron chi connectivity index (χ4n) is 2.56. The Bertz CT molecular complexity index is 479. The van der Waals surface area contributed by atoms with Crippen molar-refractivity contribution in [3.8, 4) is 0 Å². The summed E-state index contributed by atoms with van der Waals surface area (Å²) < 4.78 is 0. The zero-order valence-electron chi connectivity index (χ0n) is 12.5. The zero-order valence-corrected chi connectivity index (χ0v) is 13.3. The first kappa shape index (κ1) is 15.2. The number of halogens is 1. The number of carbonyl (C=O) groups excluding carboxylic acids is 1. The molecule has 0 spiro atoms. The van der Waals surface area contributed by atoms with E-state index >= 15 is 0 Å². The van der Waals surface area contributed by atoms with E-state index in [0.29, 0.717) is 12.3 Å². The van der Waals surface area contributed by atoms with Gasteiger partial charge in [-0.25, -0.2) is 0 Å². The summed E-state index contributed by atoms with van der Waals surface area (Å²) in [6, 6.07) is 6.32. The van der Waals surface area contributed by atoms with Gasteiger partial charge in [-0.1, -0.05) is 38.4 Å². The van der Waals surface area contributed by atoms with Gasteiger partial charge in [-0.15, -0.1) is 0 Å². The average Bonchev–Trinajstić information content (AvgIpc) is 2.46. The Morgan fingerprint density at radius 2 is 1.90 bits per heavy atom. The lowest BCUT2D eigenvalue weighted by Gasteiger charge is -2.36. The predicted octanol–water partition coefficient (Wildman–Crippen LogP) is 3.52. The molecule has 2 rings (SSSR count). The van der Waals surface area contributed by atoms with Gasteiger partial charge in [-0.3, -0.25) is 4.79 Å². The lowest BCUT2D eigenvalue weighted by atomic mass is 10.0. The number of nitrogens with zero attached hydrogens (tertiary/aromatic N) is 2. The van der Waals surface area contributed by atoms with Gasteiger partial charge >= 0.3 is 0 Å². The highest BCUT2D eigenvalue weighted by atomic mass is 35.5. The fourth-order valence-corrected chi connectivity index (χ4v) is 2.87. The van der Waals surface area contributed by atoms with Gasteiger partial charge in [0.05, 0.1) is 10.7 Å². The standard InChI is InChI=1S/C16H23ClN2O/c1-4-16(20)19-9-7-18(8-10-19)15-6-5-13(12(2)3)11-14(15)17/h5-6,11-12H,4,7-10H2,1-3H3. The summed E-state index contributed by atoms with van der Waals surface area (Å²) in [5.74, 6) is 0.728. The predicted molar refractivity (Wildman–Crippen MR) is 84.6 cm³/mol. The summed E-state index contributed by atoms with van der Waals surface area (Å²) >= 11 is 6.41. The van der Waals surface area contributed by atoms with E-state index in [-0.39, 0.29) is 5.91 Å². The minimum atomic E-state index is 0.242. The molecular weight excluding hydrogens is 272 g/mol. The number of benzene rings is 1. The molecule has 20 heavy (non-hydrogen) atoms. The van der Waals surface area contributed by atoms with Crippen LogP contribution in [0.4, 0.5) is 5.69 Å². The smallest absolute Gasteiger partial charge is 0.222 e. The molecule has 1 heterocycles. The average molecular weight is 295 g/mol. The first-order valence-corrected chi connectivity index (χ1v) is 7.73. The molecule has 1 aliphatic rings. The van der Waals surface area contributed by atoms with Crippen LogP contribution >= 0.6 is 11.6 Å². The van der Waals surface area contributed by atoms with Crippen molar-refractivity contribution in [1.29, 1.82) is 0 Å². The maximum absolute atomic E-state index is 11.7. The topological polar surface area (TPSA) is 23.6 Å². The van der Waals surface area contributed by atoms with Crippen LogP contribution in [0.15, 0.2) is 18.2 Å². The third kappa shape index (κ3) is 3.26. The Balaban J connectivity index is 2.05. The van der Waals surface area contributed by atoms with E-state index in [1.165, 1.54) is 5.56 Å². The molecule has 4 heteroatoms. The second-order valence-corrected chi connectivity index (χ2v) is 5.99. The largest absolute Gasteiger partial charge is 0.367 e. The quantitative estimate of drug-likeness (QED) is 0.851. The van der Waals surface area contributed by atoms with Crippen molar-refractivity contribution in [2.24, 2.45) is 0 Å². The minimum absolute atomic E-state index is 0.242. The van der Waals surface area contributed by atoms with E-state index in [1.54, 1.807) is 0 Å². The van der Waals surface area contributed by atoms with Crippen LogP contribution < -0.4 is 4.90 Å². The number of rotatable bonds is 3. The van der Waals surface area contributed by atoms with E-state index < -0.39 is 0 Å². The molecule has 0 radical (unpaired) electrons. The molecule has 1 amide bonds. The monoisotopic (exact) mass is 294 g/mol. The van der Waals surface area contributed by atoms with Crippen LogP contribution in [-0.2, 0) is 4.79 Å². The highest BCUT2D eigenvalue weighted by Crippen LogP contribution is 2.30. The van der Waals surface area contributed by atoms with Gasteiger partial charge < -0.3 is 9.80 Å². The van der Waals surface area contributed by atoms with E-state index in [9.17, 15) is 4.79 Å². The highest BCUT2D eigenvalue weighted by molar-refractivity contribution is 6.33. The van der Waals surface area contributed by atoms with Crippen LogP contribution in [0.3, 0.4) is 0 Å². The van der Waals surface area contributed by atoms with Crippen molar-refractivity contribution in [3.05, 3.63) is 28.8 Å². The molecule has 0 atom stereocenters. The molecule has 1 aromatic rings. The van der Waals surface area contributed by atoms with Crippen molar-refractivity contribution < 1.29 is 4.79 Å². The zero-order chi connectivity index (χ0) is 14.7. The normalized spacial score (nSPS) is 15.8. The van der Waals surface area contributed by atoms with Gasteiger partial charge in [0.15, 0.2) is 0 Å². The minimum Gasteiger partial charge on any atom is -0.367 e. The molecule has 0 bridgehead atoms. The molecule has 1 aromatic carbocycles. The van der Waals surface area contributed by atoms with Crippen molar-refractivity contribution >= 4 is 23.2 Å². The fraction of sp³-hybridized carbons (Fsp3) is 0.562. The molecule has 0 N–H and O–H groups in total. The number of hydrogen-bond acceptors (Lipinski definition) is 2. The number of anilines is 1. The van der Waals surface area contributed by atoms with E-state index in [2.05, 4.69) is 36.9 Å². The summed E-state index contributed by atoms with van der Waals surface area (Å²) in [6.07, 6.45) is 0.587. The number of piperazine rings is 1. The molecule has 0 aromatic heterocycles. The molecule has 0 unspecified atom stereocenters. The van der Waals surface area contributed by atoms with Crippen LogP contribution in [-0.4, -0.2) is 37.0 Å². The van der Waals surface area contributed by atoms with Gasteiger partial charge in [0, 0.05) is 32.6 Å². The van der Waals surface area contributed by atoms with Crippen molar-refractivity contribution in [2.45, 2.75) is 33.1 Å². The molecule has 0 saturated carbocycles. The molecule has 1 aliphatic heterocycles. The first-order chi connectivity index (χ1) is 9.52. The Hall–Kier alpha value is -1.22. The van der Waals surface area contributed by atoms with Crippen LogP contribution in [0.5, 0.6) is 0 Å². The maximum Gasteiger partial charge on any atom is 0.222 e. The SMILES string of the molecule is CCC(=O)N1CCN(c2ccc(C(C)C)cc2Cl)CC1. The van der Waals surface area contributed by atoms with Gasteiger partial charge in [0.1, 0.15) is 0 Å². The highest BCUT2D eigenvalue weighted by Gasteiger charge is 2.21. The van der Waals surface area contributed by atoms with Crippen LogP contribution in [0, 0.1) is 0 Å². The Kier molecular flexibility index (Phi) is 4.92. The van der Waals surface area contributed by atoms with Crippen LogP contribution in [0.2, 0.25) is 5.02 Å². The Labute approximate surface area is 126 Å². The van der Waals surface area contributed by atoms with Gasteiger partial charge in [0.2, 0.25) is 5.91 Å². The lowest BCUT2D eigenvalue weighted by molar-refractivity contribution is -0.131. The Morgan fingerprint density at radius 3 is 2.40 bits per heavy atom. The molecule has 1 fully saturated rings. The molecular formula is C16H23ClN2O. The summed E-state index contributed by atoms with van der Waals surface area (Å²) in [7, 11) is 0. The van der Waals surface area contributed by atoms with Crippen LogP contribution in [0.25, 0.3) is 0 Å². The van der Waals surface area contributed by atoms with Gasteiger partial charge in [0.25, 0.3) is 0 Å². The first-order valence-electron chi connectivity index (χ1n) is 7.35. The van der Waals surface area contributed by atoms with E-state index in [0.717, 1.165) is 36.9 Å². The molecule has 0 aliphatic carbocycles. The maximum atomic E-state index is 11.7. The lowest BCUT2D eigenvalue weighted by Crippen LogP contribution is -2.48. The van der Waals surface area contributed by atoms with Crippen LogP contribution in [0.1, 0.15) is 38.7 Å². The molecule has 3 nitrogen and oxygen atoms in total. The summed E-state index contributed by atoms with van der Waals surface area (Å²) in [6.45, 7) is 9.53. The molecule has 110 valence electrons. The summed E-state index contributed by atoms with van der Waals surface area (Å²) in [5, 5.41) is 0.812. The summed E-state index contributed by atoms with van der Waals surface area (Å²) in [4.78, 5) is 15.9. The van der Waals surface area contributed by atoms with Crippen molar-refractivity contribution in [3.63, 3.8) is 0 Å². The second-order valence-electron chi connectivity index (χ2n) is 5.59. The van der Waals surface area contributed by atoms with Crippen molar-refractivity contribution in [1.82, 2.24) is 4.90 Å². The Morgan fingerprint density at radius 1 is 1.25 bits per heavy atom. The van der Waals surface area contributed by atoms with E-state index in [4.69, 9.17) is 11.6 Å². The third-order valence-electron chi connectivity index (χ3n) is 3.91. The number of carbonyl (C=O) groups is 1. The number of hydrogen-bond donors (Lipinski definition) is 0. The van der Waals surface area contributed by atoms with Crippen molar-refractivity contribution in [2.75, 3.05) is 31.1 Å².